The van der Waals surface area contributed by atoms with E-state index in [-0.39, 0.29) is 18.6 Å². The van der Waals surface area contributed by atoms with E-state index in [4.69, 9.17) is 9.47 Å². The quantitative estimate of drug-likeness (QED) is 0.719. The molecule has 0 bridgehead atoms. The van der Waals surface area contributed by atoms with Crippen LogP contribution in [0.1, 0.15) is 29.5 Å². The smallest absolute Gasteiger partial charge is 0.270 e. The maximum absolute atomic E-state index is 13.2. The molecule has 0 spiro atoms. The van der Waals surface area contributed by atoms with Crippen molar-refractivity contribution in [3.8, 4) is 11.5 Å². The minimum Gasteiger partial charge on any atom is -0.454 e. The normalized spacial score (nSPS) is 18.5. The van der Waals surface area contributed by atoms with Crippen LogP contribution in [0.25, 0.3) is 0 Å². The molecule has 0 aliphatic carbocycles. The maximum atomic E-state index is 13.2. The molecule has 0 radical (unpaired) electrons. The van der Waals surface area contributed by atoms with Gasteiger partial charge in [-0.25, -0.2) is 5.01 Å². The van der Waals surface area contributed by atoms with E-state index in [1.54, 1.807) is 0 Å². The summed E-state index contributed by atoms with van der Waals surface area (Å²) >= 11 is 0. The molecule has 3 aliphatic heterocycles. The Balaban J connectivity index is 1.23. The number of rotatable bonds is 4. The number of benzene rings is 2. The third kappa shape index (κ3) is 4.43. The first-order chi connectivity index (χ1) is 16.0. The summed E-state index contributed by atoms with van der Waals surface area (Å²) in [4.78, 5) is 29.9. The van der Waals surface area contributed by atoms with Crippen LogP contribution < -0.4 is 14.5 Å². The molecule has 2 aromatic carbocycles. The fourth-order valence-electron chi connectivity index (χ4n) is 4.43. The van der Waals surface area contributed by atoms with Gasteiger partial charge in [0, 0.05) is 45.6 Å². The summed E-state index contributed by atoms with van der Waals surface area (Å²) in [6.45, 7) is 7.85. The molecule has 8 heteroatoms. The van der Waals surface area contributed by atoms with Crippen LogP contribution in [0.15, 0.2) is 41.5 Å². The van der Waals surface area contributed by atoms with E-state index in [2.05, 4.69) is 16.1 Å². The molecule has 0 N–H and O–H groups in total. The van der Waals surface area contributed by atoms with Crippen molar-refractivity contribution in [3.63, 3.8) is 0 Å². The summed E-state index contributed by atoms with van der Waals surface area (Å²) in [5, 5.41) is 5.91. The fourth-order valence-corrected chi connectivity index (χ4v) is 4.43. The molecule has 5 rings (SSSR count). The molecule has 172 valence electrons. The highest BCUT2D eigenvalue weighted by Gasteiger charge is 2.30. The van der Waals surface area contributed by atoms with Gasteiger partial charge in [-0.2, -0.15) is 5.10 Å². The maximum Gasteiger partial charge on any atom is 0.270 e. The van der Waals surface area contributed by atoms with Crippen LogP contribution in [0.4, 0.5) is 5.69 Å². The van der Waals surface area contributed by atoms with Gasteiger partial charge in [-0.3, -0.25) is 14.5 Å². The number of piperazine rings is 1. The minimum absolute atomic E-state index is 0.0689. The number of hydrazone groups is 1. The third-order valence-electron chi connectivity index (χ3n) is 6.37. The number of hydrogen-bond acceptors (Lipinski definition) is 6. The number of anilines is 1. The van der Waals surface area contributed by atoms with Gasteiger partial charge >= 0.3 is 0 Å². The Bertz CT molecular complexity index is 1120. The molecule has 2 aromatic rings. The summed E-state index contributed by atoms with van der Waals surface area (Å²) in [5.74, 6) is 1.43. The molecule has 3 heterocycles. The van der Waals surface area contributed by atoms with Crippen molar-refractivity contribution in [2.75, 3.05) is 38.0 Å². The Labute approximate surface area is 193 Å². The lowest BCUT2D eigenvalue weighted by molar-refractivity contribution is -0.126. The molecule has 33 heavy (non-hydrogen) atoms. The number of amides is 2. The van der Waals surface area contributed by atoms with E-state index in [1.165, 1.54) is 10.6 Å². The second-order valence-electron chi connectivity index (χ2n) is 8.80. The van der Waals surface area contributed by atoms with E-state index < -0.39 is 0 Å². The van der Waals surface area contributed by atoms with Crippen LogP contribution >= 0.6 is 0 Å². The van der Waals surface area contributed by atoms with Crippen LogP contribution in [0.3, 0.4) is 0 Å². The lowest BCUT2D eigenvalue weighted by Gasteiger charge is -2.35. The number of nitrogens with zero attached hydrogens (tertiary/aromatic N) is 4. The van der Waals surface area contributed by atoms with Crippen LogP contribution in [-0.2, 0) is 16.1 Å². The molecular formula is C25H28N4O4. The van der Waals surface area contributed by atoms with Gasteiger partial charge in [0.25, 0.3) is 5.91 Å². The molecule has 1 fully saturated rings. The highest BCUT2D eigenvalue weighted by molar-refractivity contribution is 6.40. The number of aryl methyl sites for hydroxylation is 2. The second-order valence-corrected chi connectivity index (χ2v) is 8.80. The Morgan fingerprint density at radius 1 is 0.970 bits per heavy atom. The van der Waals surface area contributed by atoms with Crippen molar-refractivity contribution in [3.05, 3.63) is 53.1 Å². The first-order valence-electron chi connectivity index (χ1n) is 11.4. The lowest BCUT2D eigenvalue weighted by Crippen LogP contribution is -2.51. The van der Waals surface area contributed by atoms with E-state index in [0.717, 1.165) is 47.9 Å². The molecule has 0 unspecified atom stereocenters. The second kappa shape index (κ2) is 8.86. The minimum atomic E-state index is -0.0752. The number of ether oxygens (including phenoxy) is 2. The third-order valence-corrected chi connectivity index (χ3v) is 6.37. The van der Waals surface area contributed by atoms with Crippen molar-refractivity contribution < 1.29 is 19.1 Å². The van der Waals surface area contributed by atoms with Crippen LogP contribution in [0.5, 0.6) is 11.5 Å². The van der Waals surface area contributed by atoms with E-state index in [0.29, 0.717) is 31.6 Å². The van der Waals surface area contributed by atoms with Crippen molar-refractivity contribution in [2.45, 2.75) is 33.2 Å². The fraction of sp³-hybridized carbons (Fsp3) is 0.400. The van der Waals surface area contributed by atoms with Gasteiger partial charge in [-0.05, 0) is 48.7 Å². The number of fused-ring (bicyclic) bond motifs is 1. The molecule has 8 nitrogen and oxygen atoms in total. The zero-order valence-electron chi connectivity index (χ0n) is 19.0. The van der Waals surface area contributed by atoms with Crippen LogP contribution in [0, 0.1) is 13.8 Å². The van der Waals surface area contributed by atoms with Crippen molar-refractivity contribution in [2.24, 2.45) is 5.10 Å². The van der Waals surface area contributed by atoms with Gasteiger partial charge < -0.3 is 14.4 Å². The standard InChI is InChI=1S/C25H28N4O4/c1-17-3-4-18(2)21(13-17)29-24(30)8-6-20(26-29)25(31)28-11-9-27(10-12-28)15-19-5-7-22-23(14-19)33-16-32-22/h3-5,7,13-14H,6,8-12,15-16H2,1-2H3. The summed E-state index contributed by atoms with van der Waals surface area (Å²) in [6, 6.07) is 12.0. The molecule has 0 atom stereocenters. The SMILES string of the molecule is Cc1ccc(C)c(N2N=C(C(=O)N3CCN(Cc4ccc5c(c4)OCO5)CC3)CCC2=O)c1. The molecule has 3 aliphatic rings. The van der Waals surface area contributed by atoms with E-state index in [9.17, 15) is 9.59 Å². The molecule has 0 aromatic heterocycles. The zero-order valence-corrected chi connectivity index (χ0v) is 19.0. The van der Waals surface area contributed by atoms with Crippen molar-refractivity contribution in [1.82, 2.24) is 9.80 Å². The highest BCUT2D eigenvalue weighted by Crippen LogP contribution is 2.33. The number of carbonyl (C=O) groups excluding carboxylic acids is 2. The largest absolute Gasteiger partial charge is 0.454 e. The Morgan fingerprint density at radius 2 is 1.76 bits per heavy atom. The van der Waals surface area contributed by atoms with Gasteiger partial charge in [0.1, 0.15) is 5.71 Å². The number of carbonyl (C=O) groups is 2. The predicted octanol–water partition coefficient (Wildman–Crippen LogP) is 2.86. The zero-order chi connectivity index (χ0) is 22.9. The summed E-state index contributed by atoms with van der Waals surface area (Å²) < 4.78 is 10.9. The van der Waals surface area contributed by atoms with E-state index in [1.807, 2.05) is 49.1 Å². The first-order valence-corrected chi connectivity index (χ1v) is 11.4. The molecule has 1 saturated heterocycles. The monoisotopic (exact) mass is 448 g/mol. The Hall–Kier alpha value is -3.39. The highest BCUT2D eigenvalue weighted by atomic mass is 16.7. The van der Waals surface area contributed by atoms with E-state index >= 15 is 0 Å². The van der Waals surface area contributed by atoms with Gasteiger partial charge in [-0.1, -0.05) is 18.2 Å². The Morgan fingerprint density at radius 3 is 2.58 bits per heavy atom. The lowest BCUT2D eigenvalue weighted by atomic mass is 10.1. The number of hydrogen-bond donors (Lipinski definition) is 0. The van der Waals surface area contributed by atoms with Crippen molar-refractivity contribution in [1.29, 1.82) is 0 Å². The average Bonchev–Trinajstić information content (AvgIpc) is 3.29. The van der Waals surface area contributed by atoms with Gasteiger partial charge in [-0.15, -0.1) is 0 Å². The summed E-state index contributed by atoms with van der Waals surface area (Å²) in [5.41, 5.74) is 4.38. The van der Waals surface area contributed by atoms with Gasteiger partial charge in [0.15, 0.2) is 11.5 Å². The van der Waals surface area contributed by atoms with Crippen LogP contribution in [-0.4, -0.2) is 60.3 Å². The molecule has 0 saturated carbocycles. The van der Waals surface area contributed by atoms with Crippen molar-refractivity contribution >= 4 is 23.2 Å². The average molecular weight is 449 g/mol. The first kappa shape index (κ1) is 21.5. The Kier molecular flexibility index (Phi) is 5.76. The summed E-state index contributed by atoms with van der Waals surface area (Å²) in [6.07, 6.45) is 0.679. The topological polar surface area (TPSA) is 74.7 Å². The molecule has 2 amide bonds. The van der Waals surface area contributed by atoms with Crippen LogP contribution in [0.2, 0.25) is 0 Å². The molecular weight excluding hydrogens is 420 g/mol. The van der Waals surface area contributed by atoms with Gasteiger partial charge in [0.05, 0.1) is 5.69 Å². The van der Waals surface area contributed by atoms with Gasteiger partial charge in [0.2, 0.25) is 12.7 Å². The predicted molar refractivity (Wildman–Crippen MR) is 124 cm³/mol. The summed E-state index contributed by atoms with van der Waals surface area (Å²) in [7, 11) is 0.